The number of aromatic nitrogens is 1. The Balaban J connectivity index is 0.000000185. The van der Waals surface area contributed by atoms with Crippen molar-refractivity contribution < 1.29 is 34.4 Å². The van der Waals surface area contributed by atoms with Crippen molar-refractivity contribution >= 4 is 49.4 Å². The van der Waals surface area contributed by atoms with Gasteiger partial charge >= 0.3 is 0 Å². The maximum Gasteiger partial charge on any atom is 0.162 e. The number of carbonyl (C=O) groups is 1. The number of benzene rings is 4. The molecule has 243 valence electrons. The van der Waals surface area contributed by atoms with Crippen LogP contribution in [0.5, 0.6) is 0 Å². The summed E-state index contributed by atoms with van der Waals surface area (Å²) in [7, 11) is 0. The van der Waals surface area contributed by atoms with Gasteiger partial charge in [0.15, 0.2) is 5.78 Å². The number of aliphatic hydroxyl groups is 1. The smallest absolute Gasteiger partial charge is 0.162 e. The Labute approximate surface area is 290 Å². The van der Waals surface area contributed by atoms with Crippen LogP contribution in [0.15, 0.2) is 89.0 Å². The van der Waals surface area contributed by atoms with E-state index in [4.69, 9.17) is 9.40 Å². The van der Waals surface area contributed by atoms with Crippen LogP contribution in [0.4, 0.5) is 0 Å². The first-order valence-electron chi connectivity index (χ1n) is 17.0. The van der Waals surface area contributed by atoms with E-state index < -0.39 is 0 Å². The van der Waals surface area contributed by atoms with Crippen molar-refractivity contribution in [1.82, 2.24) is 4.98 Å². The van der Waals surface area contributed by atoms with E-state index in [2.05, 4.69) is 74.5 Å². The minimum absolute atomic E-state index is 0. The van der Waals surface area contributed by atoms with Gasteiger partial charge in [-0.3, -0.25) is 9.78 Å². The van der Waals surface area contributed by atoms with Crippen LogP contribution in [-0.4, -0.2) is 15.9 Å². The van der Waals surface area contributed by atoms with Gasteiger partial charge in [0.2, 0.25) is 0 Å². The van der Waals surface area contributed by atoms with Crippen LogP contribution >= 0.6 is 0 Å². The number of pyridine rings is 1. The van der Waals surface area contributed by atoms with Gasteiger partial charge in [0.1, 0.15) is 11.2 Å². The minimum Gasteiger partial charge on any atom is -0.512 e. The summed E-state index contributed by atoms with van der Waals surface area (Å²) < 4.78 is 6.38. The number of aliphatic hydroxyl groups excluding tert-OH is 1. The molecular formula is C42H42IrNO3-. The van der Waals surface area contributed by atoms with Gasteiger partial charge in [-0.05, 0) is 68.9 Å². The molecule has 2 aliphatic carbocycles. The summed E-state index contributed by atoms with van der Waals surface area (Å²) in [5.74, 6) is 0.985. The van der Waals surface area contributed by atoms with Crippen LogP contribution in [0, 0.1) is 31.7 Å². The number of rotatable bonds is 4. The molecule has 0 saturated heterocycles. The number of para-hydroxylation sites is 1. The summed E-state index contributed by atoms with van der Waals surface area (Å²) in [5.41, 5.74) is 7.03. The number of nitrogens with zero attached hydrogens (tertiary/aromatic N) is 1. The van der Waals surface area contributed by atoms with Crippen LogP contribution in [0.25, 0.3) is 54.9 Å². The van der Waals surface area contributed by atoms with Gasteiger partial charge in [0, 0.05) is 59.9 Å². The zero-order valence-corrected chi connectivity index (χ0v) is 29.7. The van der Waals surface area contributed by atoms with Crippen molar-refractivity contribution in [2.24, 2.45) is 11.8 Å². The molecule has 0 atom stereocenters. The first-order chi connectivity index (χ1) is 22.5. The Kier molecular flexibility index (Phi) is 10.2. The molecule has 4 aromatic carbocycles. The molecule has 0 unspecified atom stereocenters. The second-order valence-corrected chi connectivity index (χ2v) is 13.3. The fourth-order valence-electron chi connectivity index (χ4n) is 7.44. The van der Waals surface area contributed by atoms with Crippen molar-refractivity contribution in [3.63, 3.8) is 0 Å². The molecular weight excluding hydrogens is 759 g/mol. The van der Waals surface area contributed by atoms with Crippen molar-refractivity contribution in [1.29, 1.82) is 0 Å². The number of allylic oxidation sites excluding steroid dienone is 2. The fraction of sp³-hybridized carbons (Fsp3) is 0.333. The van der Waals surface area contributed by atoms with Crippen LogP contribution in [-0.2, 0) is 24.9 Å². The van der Waals surface area contributed by atoms with Crippen molar-refractivity contribution in [2.45, 2.75) is 78.1 Å². The third-order valence-electron chi connectivity index (χ3n) is 10.2. The monoisotopic (exact) mass is 801 g/mol. The van der Waals surface area contributed by atoms with Gasteiger partial charge in [-0.1, -0.05) is 86.4 Å². The van der Waals surface area contributed by atoms with Crippen molar-refractivity contribution in [2.75, 3.05) is 0 Å². The standard InChI is InChI=1S/C27H18NO.C15H24O2.Ir/c1-16-14-22-23(15-17(16)2)28-26(20-12-7-9-18-8-3-4-10-19(18)20)27-25(22)21-11-5-6-13-24(21)29-27;16-14(12-7-3-1-4-8-12)11-15(17)13-9-5-2-6-10-13;/h3-11,13-15H,1-2H3;11-13,16H,1-10H2;/q-1;;/b;14-11-;. The van der Waals surface area contributed by atoms with E-state index in [9.17, 15) is 9.90 Å². The third kappa shape index (κ3) is 6.80. The third-order valence-corrected chi connectivity index (χ3v) is 10.2. The molecule has 8 rings (SSSR count). The van der Waals surface area contributed by atoms with E-state index in [-0.39, 0.29) is 37.7 Å². The molecule has 2 aliphatic rings. The summed E-state index contributed by atoms with van der Waals surface area (Å²) in [6.45, 7) is 4.28. The van der Waals surface area contributed by atoms with Crippen LogP contribution in [0.2, 0.25) is 0 Å². The predicted octanol–water partition coefficient (Wildman–Crippen LogP) is 11.5. The van der Waals surface area contributed by atoms with Gasteiger partial charge in [0.05, 0.1) is 11.3 Å². The van der Waals surface area contributed by atoms with Gasteiger partial charge in [-0.15, -0.1) is 29.1 Å². The number of aryl methyl sites for hydroxylation is 2. The molecule has 2 aromatic heterocycles. The van der Waals surface area contributed by atoms with Crippen molar-refractivity contribution in [3.8, 4) is 11.3 Å². The van der Waals surface area contributed by atoms with Crippen molar-refractivity contribution in [3.05, 3.63) is 102 Å². The molecule has 1 radical (unpaired) electrons. The quantitative estimate of drug-likeness (QED) is 0.110. The molecule has 5 heteroatoms. The number of furan rings is 1. The normalized spacial score (nSPS) is 16.3. The maximum absolute atomic E-state index is 12.0. The largest absolute Gasteiger partial charge is 0.512 e. The summed E-state index contributed by atoms with van der Waals surface area (Å²) in [6, 6.07) is 28.5. The van der Waals surface area contributed by atoms with Crippen LogP contribution in [0.3, 0.4) is 0 Å². The van der Waals surface area contributed by atoms with E-state index in [1.807, 2.05) is 18.2 Å². The Morgan fingerprint density at radius 2 is 1.45 bits per heavy atom. The van der Waals surface area contributed by atoms with E-state index in [0.717, 1.165) is 75.2 Å². The number of ketones is 1. The van der Waals surface area contributed by atoms with Gasteiger partial charge in [-0.2, -0.15) is 0 Å². The SMILES string of the molecule is Cc1cc2nc(-c3[c-]ccc4ccccc34)c3oc4ccccc4c3c2cc1C.O=C(/C=C(\O)C1CCCCC1)C1CCCCC1.[Ir]. The molecule has 4 nitrogen and oxygen atoms in total. The number of hydrogen-bond donors (Lipinski definition) is 1. The average molecular weight is 801 g/mol. The summed E-state index contributed by atoms with van der Waals surface area (Å²) in [6.07, 6.45) is 13.0. The molecule has 1 N–H and O–H groups in total. The number of fused-ring (bicyclic) bond motifs is 6. The second-order valence-electron chi connectivity index (χ2n) is 13.3. The Bertz CT molecular complexity index is 2070. The van der Waals surface area contributed by atoms with Crippen LogP contribution < -0.4 is 0 Å². The zero-order valence-electron chi connectivity index (χ0n) is 27.3. The fourth-order valence-corrected chi connectivity index (χ4v) is 7.44. The Morgan fingerprint density at radius 3 is 2.19 bits per heavy atom. The zero-order chi connectivity index (χ0) is 31.6. The Morgan fingerprint density at radius 1 is 0.809 bits per heavy atom. The summed E-state index contributed by atoms with van der Waals surface area (Å²) in [4.78, 5) is 17.1. The van der Waals surface area contributed by atoms with E-state index in [1.54, 1.807) is 6.08 Å². The molecule has 0 spiro atoms. The molecule has 0 amide bonds. The maximum atomic E-state index is 12.0. The molecule has 2 saturated carbocycles. The minimum atomic E-state index is 0. The molecule has 0 bridgehead atoms. The van der Waals surface area contributed by atoms with Gasteiger partial charge < -0.3 is 9.52 Å². The second kappa shape index (κ2) is 14.5. The molecule has 47 heavy (non-hydrogen) atoms. The predicted molar refractivity (Wildman–Crippen MR) is 189 cm³/mol. The van der Waals surface area contributed by atoms with Crippen LogP contribution in [0.1, 0.15) is 75.3 Å². The molecule has 2 fully saturated rings. The topological polar surface area (TPSA) is 63.3 Å². The van der Waals surface area contributed by atoms with E-state index >= 15 is 0 Å². The molecule has 6 aromatic rings. The summed E-state index contributed by atoms with van der Waals surface area (Å²) in [5, 5.41) is 15.7. The molecule has 2 heterocycles. The first-order valence-corrected chi connectivity index (χ1v) is 17.0. The van der Waals surface area contributed by atoms with E-state index in [0.29, 0.717) is 5.76 Å². The molecule has 0 aliphatic heterocycles. The average Bonchev–Trinajstić information content (AvgIpc) is 3.49. The van der Waals surface area contributed by atoms with Gasteiger partial charge in [0.25, 0.3) is 0 Å². The summed E-state index contributed by atoms with van der Waals surface area (Å²) >= 11 is 0. The van der Waals surface area contributed by atoms with E-state index in [1.165, 1.54) is 55.0 Å². The first kappa shape index (κ1) is 33.1. The number of carbonyl (C=O) groups excluding carboxylic acids is 1. The number of hydrogen-bond acceptors (Lipinski definition) is 4. The Hall–Kier alpha value is -3.79. The van der Waals surface area contributed by atoms with Gasteiger partial charge in [-0.25, -0.2) is 0 Å².